The van der Waals surface area contributed by atoms with E-state index in [1.165, 1.54) is 19.4 Å². The first-order valence-corrected chi connectivity index (χ1v) is 9.53. The summed E-state index contributed by atoms with van der Waals surface area (Å²) in [7, 11) is 1.32. The molecule has 3 aromatic rings. The van der Waals surface area contributed by atoms with Crippen molar-refractivity contribution in [1.29, 1.82) is 0 Å². The summed E-state index contributed by atoms with van der Waals surface area (Å²) in [6.45, 7) is 0. The number of methoxy groups -OCH3 is 1. The van der Waals surface area contributed by atoms with Gasteiger partial charge in [-0.15, -0.1) is 0 Å². The normalized spacial score (nSPS) is 12.6. The van der Waals surface area contributed by atoms with Crippen LogP contribution in [-0.2, 0) is 14.3 Å². The Kier molecular flexibility index (Phi) is 6.71. The lowest BCUT2D eigenvalue weighted by molar-refractivity contribution is -0.140. The zero-order valence-corrected chi connectivity index (χ0v) is 16.8. The minimum absolute atomic E-state index is 0.108. The standard InChI is InChI=1S/C15H16N2O3.C8H5NO2/c1-20-14(18)9-7-11(15(16)19)13-8-6-10-4-2-3-5-12(10)17-13;10-7-3-1-2-5-6(7)4-9-8(5)11/h2-6,8,11H,7,9H2,1H3,(H2,16,19);1-4,10H. The average Bonchev–Trinajstić information content (AvgIpc) is 3.16. The molecule has 0 bridgehead atoms. The van der Waals surface area contributed by atoms with E-state index < -0.39 is 11.8 Å². The highest BCUT2D eigenvalue weighted by atomic mass is 16.5. The van der Waals surface area contributed by atoms with Crippen molar-refractivity contribution in [2.24, 2.45) is 10.7 Å². The minimum atomic E-state index is -0.585. The number of phenols is 1. The number of esters is 1. The first-order chi connectivity index (χ1) is 14.9. The van der Waals surface area contributed by atoms with E-state index in [-0.39, 0.29) is 24.0 Å². The summed E-state index contributed by atoms with van der Waals surface area (Å²) in [5.74, 6) is -1.61. The molecule has 1 aliphatic heterocycles. The molecule has 2 amide bonds. The van der Waals surface area contributed by atoms with Crippen LogP contribution in [0.2, 0.25) is 0 Å². The van der Waals surface area contributed by atoms with Crippen molar-refractivity contribution in [2.45, 2.75) is 18.8 Å². The Morgan fingerprint density at radius 2 is 1.87 bits per heavy atom. The summed E-state index contributed by atoms with van der Waals surface area (Å²) in [4.78, 5) is 41.7. The fourth-order valence-corrected chi connectivity index (χ4v) is 3.14. The molecule has 8 nitrogen and oxygen atoms in total. The van der Waals surface area contributed by atoms with Crippen molar-refractivity contribution in [1.82, 2.24) is 4.98 Å². The number of aromatic hydroxyl groups is 1. The third-order valence-corrected chi connectivity index (χ3v) is 4.81. The van der Waals surface area contributed by atoms with Crippen molar-refractivity contribution in [3.8, 4) is 5.75 Å². The minimum Gasteiger partial charge on any atom is -0.507 e. The second kappa shape index (κ2) is 9.62. The second-order valence-electron chi connectivity index (χ2n) is 6.80. The van der Waals surface area contributed by atoms with E-state index in [9.17, 15) is 19.5 Å². The van der Waals surface area contributed by atoms with Gasteiger partial charge in [-0.05, 0) is 30.7 Å². The van der Waals surface area contributed by atoms with Gasteiger partial charge < -0.3 is 15.6 Å². The highest BCUT2D eigenvalue weighted by molar-refractivity contribution is 6.14. The molecule has 1 aromatic heterocycles. The van der Waals surface area contributed by atoms with Gasteiger partial charge in [-0.3, -0.25) is 19.4 Å². The predicted octanol–water partition coefficient (Wildman–Crippen LogP) is 2.72. The fraction of sp³-hybridized carbons (Fsp3) is 0.174. The van der Waals surface area contributed by atoms with Gasteiger partial charge in [0.2, 0.25) is 5.91 Å². The Labute approximate surface area is 178 Å². The number of carbonyl (C=O) groups excluding carboxylic acids is 3. The number of hydrogen-bond donors (Lipinski definition) is 2. The van der Waals surface area contributed by atoms with Crippen LogP contribution in [0.5, 0.6) is 5.75 Å². The van der Waals surface area contributed by atoms with Crippen molar-refractivity contribution in [2.75, 3.05) is 7.11 Å². The van der Waals surface area contributed by atoms with Crippen LogP contribution >= 0.6 is 0 Å². The topological polar surface area (TPSA) is 132 Å². The van der Waals surface area contributed by atoms with Gasteiger partial charge in [0.05, 0.1) is 29.8 Å². The fourth-order valence-electron chi connectivity index (χ4n) is 3.14. The number of benzene rings is 2. The first kappa shape index (κ1) is 21.6. The number of nitrogens with two attached hydrogens (primary N) is 1. The maximum Gasteiger partial charge on any atom is 0.305 e. The molecule has 1 unspecified atom stereocenters. The number of para-hydroxylation sites is 1. The Balaban J connectivity index is 0.000000207. The monoisotopic (exact) mass is 419 g/mol. The molecular weight excluding hydrogens is 398 g/mol. The lowest BCUT2D eigenvalue weighted by Crippen LogP contribution is -2.23. The Morgan fingerprint density at radius 3 is 2.58 bits per heavy atom. The van der Waals surface area contributed by atoms with E-state index >= 15 is 0 Å². The average molecular weight is 419 g/mol. The highest BCUT2D eigenvalue weighted by Gasteiger charge is 2.21. The van der Waals surface area contributed by atoms with Crippen LogP contribution in [0.1, 0.15) is 40.4 Å². The van der Waals surface area contributed by atoms with E-state index in [0.717, 1.165) is 10.9 Å². The van der Waals surface area contributed by atoms with Gasteiger partial charge in [-0.25, -0.2) is 4.99 Å². The van der Waals surface area contributed by atoms with Crippen LogP contribution in [0.3, 0.4) is 0 Å². The SMILES string of the molecule is COC(=O)CCC(C(N)=O)c1ccc2ccccc2n1.O=C1N=Cc2c(O)cccc21. The van der Waals surface area contributed by atoms with Crippen molar-refractivity contribution in [3.05, 3.63) is 71.4 Å². The maximum absolute atomic E-state index is 11.6. The van der Waals surface area contributed by atoms with Gasteiger partial charge in [0.1, 0.15) is 5.75 Å². The molecule has 4 rings (SSSR count). The number of nitrogens with zero attached hydrogens (tertiary/aromatic N) is 2. The molecule has 2 heterocycles. The van der Waals surface area contributed by atoms with Gasteiger partial charge in [-0.2, -0.15) is 0 Å². The molecule has 31 heavy (non-hydrogen) atoms. The number of rotatable bonds is 5. The molecular formula is C23H21N3O5. The quantitative estimate of drug-likeness (QED) is 0.611. The number of amides is 2. The molecule has 0 spiro atoms. The van der Waals surface area contributed by atoms with Crippen LogP contribution in [0, 0.1) is 0 Å². The van der Waals surface area contributed by atoms with Crippen LogP contribution in [-0.4, -0.2) is 41.2 Å². The van der Waals surface area contributed by atoms with Crippen molar-refractivity contribution in [3.63, 3.8) is 0 Å². The molecule has 1 atom stereocenters. The summed E-state index contributed by atoms with van der Waals surface area (Å²) < 4.78 is 4.58. The molecule has 3 N–H and O–H groups in total. The van der Waals surface area contributed by atoms with Crippen molar-refractivity contribution >= 4 is 34.9 Å². The van der Waals surface area contributed by atoms with Crippen LogP contribution in [0.4, 0.5) is 0 Å². The van der Waals surface area contributed by atoms with E-state index in [2.05, 4.69) is 14.7 Å². The largest absolute Gasteiger partial charge is 0.507 e. The summed E-state index contributed by atoms with van der Waals surface area (Å²) in [6, 6.07) is 16.1. The van der Waals surface area contributed by atoms with Gasteiger partial charge in [0.25, 0.3) is 5.91 Å². The number of phenolic OH excluding ortho intramolecular Hbond substituents is 1. The zero-order valence-electron chi connectivity index (χ0n) is 16.8. The lowest BCUT2D eigenvalue weighted by atomic mass is 9.97. The Hall–Kier alpha value is -4.07. The smallest absolute Gasteiger partial charge is 0.305 e. The summed E-state index contributed by atoms with van der Waals surface area (Å²) in [5.41, 5.74) is 7.80. The number of ether oxygens (including phenoxy) is 1. The summed E-state index contributed by atoms with van der Waals surface area (Å²) >= 11 is 0. The van der Waals surface area contributed by atoms with Crippen LogP contribution < -0.4 is 5.73 Å². The van der Waals surface area contributed by atoms with E-state index in [0.29, 0.717) is 23.2 Å². The maximum atomic E-state index is 11.6. The summed E-state index contributed by atoms with van der Waals surface area (Å²) in [5, 5.41) is 10.2. The number of carbonyl (C=O) groups is 3. The van der Waals surface area contributed by atoms with Gasteiger partial charge in [0, 0.05) is 23.6 Å². The number of aromatic nitrogens is 1. The van der Waals surface area contributed by atoms with Crippen LogP contribution in [0.15, 0.2) is 59.6 Å². The van der Waals surface area contributed by atoms with E-state index in [1.54, 1.807) is 18.2 Å². The van der Waals surface area contributed by atoms with Crippen LogP contribution in [0.25, 0.3) is 10.9 Å². The molecule has 158 valence electrons. The summed E-state index contributed by atoms with van der Waals surface area (Å²) in [6.07, 6.45) is 1.82. The third-order valence-electron chi connectivity index (χ3n) is 4.81. The van der Waals surface area contributed by atoms with Crippen molar-refractivity contribution < 1.29 is 24.2 Å². The molecule has 0 radical (unpaired) electrons. The highest BCUT2D eigenvalue weighted by Crippen LogP contribution is 2.23. The molecule has 2 aromatic carbocycles. The molecule has 8 heteroatoms. The molecule has 0 saturated heterocycles. The zero-order chi connectivity index (χ0) is 22.4. The Morgan fingerprint density at radius 1 is 1.10 bits per heavy atom. The number of pyridine rings is 1. The number of aliphatic imine (C=N–C) groups is 1. The molecule has 0 saturated carbocycles. The van der Waals surface area contributed by atoms with Gasteiger partial charge in [-0.1, -0.05) is 30.3 Å². The number of primary amides is 1. The molecule has 1 aliphatic rings. The Bertz CT molecular complexity index is 1170. The second-order valence-corrected chi connectivity index (χ2v) is 6.80. The number of hydrogen-bond acceptors (Lipinski definition) is 6. The first-order valence-electron chi connectivity index (χ1n) is 9.53. The predicted molar refractivity (Wildman–Crippen MR) is 115 cm³/mol. The van der Waals surface area contributed by atoms with Gasteiger partial charge >= 0.3 is 5.97 Å². The number of fused-ring (bicyclic) bond motifs is 2. The molecule has 0 aliphatic carbocycles. The van der Waals surface area contributed by atoms with E-state index in [1.807, 2.05) is 30.3 Å². The van der Waals surface area contributed by atoms with Gasteiger partial charge in [0.15, 0.2) is 0 Å². The van der Waals surface area contributed by atoms with E-state index in [4.69, 9.17) is 5.73 Å². The third kappa shape index (κ3) is 5.11. The lowest BCUT2D eigenvalue weighted by Gasteiger charge is -2.12. The molecule has 0 fully saturated rings.